The first-order valence-electron chi connectivity index (χ1n) is 11.0. The molecule has 9 heteroatoms. The molecule has 4 heterocycles. The van der Waals surface area contributed by atoms with Gasteiger partial charge >= 0.3 is 0 Å². The average Bonchev–Trinajstić information content (AvgIpc) is 3.59. The van der Waals surface area contributed by atoms with Crippen LogP contribution in [0.2, 0.25) is 5.02 Å². The van der Waals surface area contributed by atoms with E-state index in [1.54, 1.807) is 40.7 Å². The lowest BCUT2D eigenvalue weighted by Crippen LogP contribution is -2.51. The van der Waals surface area contributed by atoms with Crippen LogP contribution in [0, 0.1) is 6.92 Å². The molecule has 6 rings (SSSR count). The Morgan fingerprint density at radius 2 is 2.00 bits per heavy atom. The zero-order valence-electron chi connectivity index (χ0n) is 18.4. The van der Waals surface area contributed by atoms with E-state index in [1.807, 2.05) is 6.07 Å². The van der Waals surface area contributed by atoms with Crippen molar-refractivity contribution in [2.75, 3.05) is 0 Å². The zero-order chi connectivity index (χ0) is 23.3. The van der Waals surface area contributed by atoms with E-state index in [4.69, 9.17) is 16.6 Å². The number of halogens is 1. The number of carbonyl (C=O) groups excluding carboxylic acids is 1. The normalized spacial score (nSPS) is 17.6. The number of fused-ring (bicyclic) bond motifs is 3. The largest absolute Gasteiger partial charge is 0.341 e. The van der Waals surface area contributed by atoms with Crippen LogP contribution in [0.5, 0.6) is 0 Å². The van der Waals surface area contributed by atoms with Crippen molar-refractivity contribution in [3.8, 4) is 5.69 Å². The SMILES string of the molecule is Cc1ccc2c(c1)nc1n2C[C@@](NC(=O)c2ccc(-n3cnnc3)cc2Cl)(c2ccsc2)CC1. The molecule has 1 atom stereocenters. The van der Waals surface area contributed by atoms with Crippen molar-refractivity contribution >= 4 is 39.9 Å². The van der Waals surface area contributed by atoms with Gasteiger partial charge in [-0.25, -0.2) is 4.98 Å². The number of hydrogen-bond acceptors (Lipinski definition) is 5. The second kappa shape index (κ2) is 8.07. The highest BCUT2D eigenvalue weighted by Gasteiger charge is 2.39. The summed E-state index contributed by atoms with van der Waals surface area (Å²) in [6, 6.07) is 13.8. The first-order valence-corrected chi connectivity index (χ1v) is 12.3. The number of nitrogens with zero attached hydrogens (tertiary/aromatic N) is 5. The minimum atomic E-state index is -0.557. The Kier molecular flexibility index (Phi) is 5.00. The van der Waals surface area contributed by atoms with Crippen molar-refractivity contribution in [3.63, 3.8) is 0 Å². The number of amides is 1. The molecule has 2 aromatic carbocycles. The highest BCUT2D eigenvalue weighted by Crippen LogP contribution is 2.37. The van der Waals surface area contributed by atoms with Gasteiger partial charge in [0.15, 0.2) is 0 Å². The van der Waals surface area contributed by atoms with Crippen LogP contribution in [-0.4, -0.2) is 30.2 Å². The second-order valence-electron chi connectivity index (χ2n) is 8.69. The maximum atomic E-state index is 13.5. The molecule has 5 aromatic rings. The molecule has 1 aliphatic heterocycles. The Labute approximate surface area is 205 Å². The molecule has 0 saturated carbocycles. The van der Waals surface area contributed by atoms with Crippen molar-refractivity contribution in [2.45, 2.75) is 31.8 Å². The van der Waals surface area contributed by atoms with Crippen LogP contribution in [-0.2, 0) is 18.5 Å². The second-order valence-corrected chi connectivity index (χ2v) is 9.88. The minimum Gasteiger partial charge on any atom is -0.341 e. The summed E-state index contributed by atoms with van der Waals surface area (Å²) >= 11 is 8.19. The maximum absolute atomic E-state index is 13.5. The Bertz CT molecular complexity index is 1510. The number of rotatable bonds is 4. The maximum Gasteiger partial charge on any atom is 0.253 e. The highest BCUT2D eigenvalue weighted by molar-refractivity contribution is 7.08. The van der Waals surface area contributed by atoms with Gasteiger partial charge in [0.05, 0.1) is 33.7 Å². The van der Waals surface area contributed by atoms with E-state index >= 15 is 0 Å². The van der Waals surface area contributed by atoms with Gasteiger partial charge in [0.2, 0.25) is 0 Å². The smallest absolute Gasteiger partial charge is 0.253 e. The summed E-state index contributed by atoms with van der Waals surface area (Å²) in [5.74, 6) is 0.854. The molecule has 0 fully saturated rings. The van der Waals surface area contributed by atoms with E-state index in [0.717, 1.165) is 41.0 Å². The van der Waals surface area contributed by atoms with Gasteiger partial charge in [0, 0.05) is 12.1 Å². The lowest BCUT2D eigenvalue weighted by molar-refractivity contribution is 0.0867. The summed E-state index contributed by atoms with van der Waals surface area (Å²) in [6.45, 7) is 2.69. The topological polar surface area (TPSA) is 77.6 Å². The number of thiophene rings is 1. The number of hydrogen-bond donors (Lipinski definition) is 1. The molecule has 3 aromatic heterocycles. The molecule has 0 radical (unpaired) electrons. The van der Waals surface area contributed by atoms with E-state index in [2.05, 4.69) is 62.0 Å². The number of imidazole rings is 1. The third kappa shape index (κ3) is 3.50. The third-order valence-electron chi connectivity index (χ3n) is 6.53. The molecule has 34 heavy (non-hydrogen) atoms. The average molecular weight is 489 g/mol. The molecule has 1 amide bonds. The number of aromatic nitrogens is 5. The van der Waals surface area contributed by atoms with Crippen molar-refractivity contribution in [2.24, 2.45) is 0 Å². The zero-order valence-corrected chi connectivity index (χ0v) is 20.0. The van der Waals surface area contributed by atoms with Gasteiger partial charge in [-0.1, -0.05) is 17.7 Å². The number of benzene rings is 2. The summed E-state index contributed by atoms with van der Waals surface area (Å²) in [7, 11) is 0. The number of carbonyl (C=O) groups is 1. The molecular weight excluding hydrogens is 468 g/mol. The third-order valence-corrected chi connectivity index (χ3v) is 7.52. The fourth-order valence-corrected chi connectivity index (χ4v) is 5.76. The lowest BCUT2D eigenvalue weighted by atomic mass is 9.84. The molecule has 0 bridgehead atoms. The molecule has 0 saturated heterocycles. The monoisotopic (exact) mass is 488 g/mol. The van der Waals surface area contributed by atoms with Crippen molar-refractivity contribution in [3.05, 3.63) is 93.4 Å². The summed E-state index contributed by atoms with van der Waals surface area (Å²) in [4.78, 5) is 18.4. The number of aryl methyl sites for hydroxylation is 2. The van der Waals surface area contributed by atoms with E-state index in [1.165, 1.54) is 5.56 Å². The van der Waals surface area contributed by atoms with Crippen LogP contribution < -0.4 is 5.32 Å². The fraction of sp³-hybridized carbons (Fsp3) is 0.200. The van der Waals surface area contributed by atoms with E-state index in [9.17, 15) is 4.79 Å². The van der Waals surface area contributed by atoms with Gasteiger partial charge < -0.3 is 9.88 Å². The summed E-state index contributed by atoms with van der Waals surface area (Å²) < 4.78 is 3.99. The Morgan fingerprint density at radius 1 is 1.15 bits per heavy atom. The molecule has 0 spiro atoms. The van der Waals surface area contributed by atoms with Gasteiger partial charge in [0.25, 0.3) is 5.91 Å². The van der Waals surface area contributed by atoms with Crippen LogP contribution in [0.4, 0.5) is 0 Å². The van der Waals surface area contributed by atoms with Crippen molar-refractivity contribution in [1.29, 1.82) is 0 Å². The van der Waals surface area contributed by atoms with Gasteiger partial charge in [0.1, 0.15) is 18.5 Å². The quantitative estimate of drug-likeness (QED) is 0.390. The summed E-state index contributed by atoms with van der Waals surface area (Å²) in [6.07, 6.45) is 4.71. The summed E-state index contributed by atoms with van der Waals surface area (Å²) in [5.41, 5.74) is 5.04. The number of nitrogens with one attached hydrogen (secondary N) is 1. The van der Waals surface area contributed by atoms with Gasteiger partial charge in [-0.05, 0) is 71.6 Å². The van der Waals surface area contributed by atoms with Gasteiger partial charge in [-0.15, -0.1) is 10.2 Å². The standard InChI is InChI=1S/C25H21ClN6OS/c1-16-2-5-22-21(10-16)29-23-6-8-25(13-32(22)23,17-7-9-34-12-17)30-24(33)19-4-3-18(11-20(19)26)31-14-27-28-15-31/h2-5,7,9-12,14-15H,6,8,13H2,1H3,(H,30,33)/t25-/m1/s1. The van der Waals surface area contributed by atoms with Crippen molar-refractivity contribution in [1.82, 2.24) is 29.6 Å². The highest BCUT2D eigenvalue weighted by atomic mass is 35.5. The minimum absolute atomic E-state index is 0.199. The van der Waals surface area contributed by atoms with Crippen LogP contribution in [0.25, 0.3) is 16.7 Å². The van der Waals surface area contributed by atoms with Gasteiger partial charge in [-0.3, -0.25) is 9.36 Å². The molecule has 1 aliphatic rings. The van der Waals surface area contributed by atoms with Gasteiger partial charge in [-0.2, -0.15) is 11.3 Å². The molecule has 170 valence electrons. The Morgan fingerprint density at radius 3 is 2.76 bits per heavy atom. The molecule has 0 aliphatic carbocycles. The molecule has 7 nitrogen and oxygen atoms in total. The van der Waals surface area contributed by atoms with Crippen molar-refractivity contribution < 1.29 is 4.79 Å². The lowest BCUT2D eigenvalue weighted by Gasteiger charge is -2.39. The Hall–Kier alpha value is -3.49. The molecule has 0 unspecified atom stereocenters. The van der Waals surface area contributed by atoms with Crippen LogP contribution in [0.3, 0.4) is 0 Å². The van der Waals surface area contributed by atoms with E-state index in [0.29, 0.717) is 17.1 Å². The Balaban J connectivity index is 1.37. The van der Waals surface area contributed by atoms with E-state index < -0.39 is 5.54 Å². The predicted molar refractivity (Wildman–Crippen MR) is 133 cm³/mol. The first-order chi connectivity index (χ1) is 16.5. The predicted octanol–water partition coefficient (Wildman–Crippen LogP) is 4.91. The van der Waals surface area contributed by atoms with E-state index in [-0.39, 0.29) is 5.91 Å². The van der Waals surface area contributed by atoms with Crippen LogP contribution in [0.15, 0.2) is 65.9 Å². The van der Waals surface area contributed by atoms with Crippen LogP contribution in [0.1, 0.15) is 33.7 Å². The summed E-state index contributed by atoms with van der Waals surface area (Å²) in [5, 5.41) is 15.6. The fourth-order valence-electron chi connectivity index (χ4n) is 4.75. The van der Waals surface area contributed by atoms with Crippen LogP contribution >= 0.6 is 22.9 Å². The first kappa shape index (κ1) is 21.1. The molecular formula is C25H21ClN6OS. The molecule has 1 N–H and O–H groups in total.